The molecule has 18 heavy (non-hydrogen) atoms. The summed E-state index contributed by atoms with van der Waals surface area (Å²) in [5.74, 6) is 0.0604. The molecule has 0 bridgehead atoms. The van der Waals surface area contributed by atoms with Gasteiger partial charge in [0.25, 0.3) is 0 Å². The van der Waals surface area contributed by atoms with Crippen LogP contribution in [-0.4, -0.2) is 25.2 Å². The molecule has 0 radical (unpaired) electrons. The minimum atomic E-state index is -0.410. The van der Waals surface area contributed by atoms with Crippen LogP contribution in [0.4, 0.5) is 0 Å². The molecule has 1 aromatic rings. The molecule has 0 aliphatic rings. The lowest BCUT2D eigenvalue weighted by molar-refractivity contribution is -0.149. The van der Waals surface area contributed by atoms with E-state index < -0.39 is 5.97 Å². The zero-order chi connectivity index (χ0) is 13.5. The van der Waals surface area contributed by atoms with E-state index in [4.69, 9.17) is 26.8 Å². The highest BCUT2D eigenvalue weighted by molar-refractivity contribution is 6.32. The number of esters is 1. The predicted octanol–water partition coefficient (Wildman–Crippen LogP) is 2.17. The van der Waals surface area contributed by atoms with Crippen LogP contribution in [0.2, 0.25) is 5.02 Å². The quantitative estimate of drug-likeness (QED) is 0.806. The van der Waals surface area contributed by atoms with Gasteiger partial charge in [-0.1, -0.05) is 17.7 Å². The Morgan fingerprint density at radius 3 is 2.72 bits per heavy atom. The summed E-state index contributed by atoms with van der Waals surface area (Å²) in [5.41, 5.74) is 6.50. The van der Waals surface area contributed by atoms with Gasteiger partial charge in [-0.05, 0) is 44.5 Å². The van der Waals surface area contributed by atoms with Crippen molar-refractivity contribution in [3.05, 3.63) is 28.8 Å². The lowest BCUT2D eigenvalue weighted by Crippen LogP contribution is -2.18. The fraction of sp³-hybridized carbons (Fsp3) is 0.462. The molecular weight excluding hydrogens is 254 g/mol. The largest absolute Gasteiger partial charge is 0.480 e. The molecule has 0 atom stereocenters. The topological polar surface area (TPSA) is 61.5 Å². The number of rotatable bonds is 6. The molecule has 0 unspecified atom stereocenters. The van der Waals surface area contributed by atoms with Crippen molar-refractivity contribution in [3.63, 3.8) is 0 Å². The van der Waals surface area contributed by atoms with Crippen LogP contribution in [0.25, 0.3) is 0 Å². The predicted molar refractivity (Wildman–Crippen MR) is 70.9 cm³/mol. The number of carbonyl (C=O) groups is 1. The molecule has 0 heterocycles. The minimum Gasteiger partial charge on any atom is -0.480 e. The summed E-state index contributed by atoms with van der Waals surface area (Å²) in [4.78, 5) is 11.3. The molecule has 0 aromatic heterocycles. The van der Waals surface area contributed by atoms with Crippen molar-refractivity contribution in [1.29, 1.82) is 0 Å². The standard InChI is InChI=1S/C13H18ClNO3/c1-9(2)18-13(16)8-17-12-4-3-10(5-6-15)7-11(12)14/h3-4,7,9H,5-6,8,15H2,1-2H3. The van der Waals surface area contributed by atoms with Crippen LogP contribution in [-0.2, 0) is 16.0 Å². The maximum atomic E-state index is 11.3. The summed E-state index contributed by atoms with van der Waals surface area (Å²) in [6.45, 7) is 3.99. The van der Waals surface area contributed by atoms with Gasteiger partial charge in [0.2, 0.25) is 0 Å². The van der Waals surface area contributed by atoms with E-state index in [-0.39, 0.29) is 12.7 Å². The van der Waals surface area contributed by atoms with E-state index in [0.29, 0.717) is 17.3 Å². The van der Waals surface area contributed by atoms with Crippen LogP contribution in [0.1, 0.15) is 19.4 Å². The summed E-state index contributed by atoms with van der Waals surface area (Å²) < 4.78 is 10.2. The summed E-state index contributed by atoms with van der Waals surface area (Å²) in [6, 6.07) is 5.40. The first-order valence-electron chi connectivity index (χ1n) is 5.83. The molecule has 0 saturated heterocycles. The van der Waals surface area contributed by atoms with Crippen molar-refractivity contribution >= 4 is 17.6 Å². The summed E-state index contributed by atoms with van der Waals surface area (Å²) in [6.07, 6.45) is 0.610. The fourth-order valence-corrected chi connectivity index (χ4v) is 1.67. The van der Waals surface area contributed by atoms with Crippen LogP contribution < -0.4 is 10.5 Å². The first-order chi connectivity index (χ1) is 8.52. The molecule has 2 N–H and O–H groups in total. The van der Waals surface area contributed by atoms with E-state index in [9.17, 15) is 4.79 Å². The second kappa shape index (κ2) is 7.24. The Kier molecular flexibility index (Phi) is 5.95. The van der Waals surface area contributed by atoms with Gasteiger partial charge in [-0.25, -0.2) is 4.79 Å². The number of benzene rings is 1. The van der Waals surface area contributed by atoms with Gasteiger partial charge < -0.3 is 15.2 Å². The number of hydrogen-bond donors (Lipinski definition) is 1. The van der Waals surface area contributed by atoms with Gasteiger partial charge in [-0.2, -0.15) is 0 Å². The Bertz CT molecular complexity index is 407. The lowest BCUT2D eigenvalue weighted by Gasteiger charge is -2.11. The molecule has 0 aliphatic carbocycles. The van der Waals surface area contributed by atoms with Crippen LogP contribution in [0.15, 0.2) is 18.2 Å². The molecule has 5 heteroatoms. The van der Waals surface area contributed by atoms with E-state index in [1.165, 1.54) is 0 Å². The third-order valence-electron chi connectivity index (χ3n) is 2.14. The van der Waals surface area contributed by atoms with Crippen molar-refractivity contribution in [3.8, 4) is 5.75 Å². The van der Waals surface area contributed by atoms with Gasteiger partial charge in [0.1, 0.15) is 5.75 Å². The van der Waals surface area contributed by atoms with Gasteiger partial charge >= 0.3 is 5.97 Å². The smallest absolute Gasteiger partial charge is 0.344 e. The van der Waals surface area contributed by atoms with Crippen LogP contribution in [0.3, 0.4) is 0 Å². The summed E-state index contributed by atoms with van der Waals surface area (Å²) in [7, 11) is 0. The number of ether oxygens (including phenoxy) is 2. The minimum absolute atomic E-state index is 0.145. The van der Waals surface area contributed by atoms with Crippen LogP contribution in [0.5, 0.6) is 5.75 Å². The Morgan fingerprint density at radius 2 is 2.17 bits per heavy atom. The second-order valence-electron chi connectivity index (χ2n) is 4.13. The molecule has 0 fully saturated rings. The molecule has 1 aromatic carbocycles. The lowest BCUT2D eigenvalue weighted by atomic mass is 10.1. The van der Waals surface area contributed by atoms with E-state index in [1.54, 1.807) is 26.0 Å². The fourth-order valence-electron chi connectivity index (χ4n) is 1.42. The van der Waals surface area contributed by atoms with E-state index >= 15 is 0 Å². The van der Waals surface area contributed by atoms with Gasteiger partial charge in [0.15, 0.2) is 6.61 Å². The first-order valence-corrected chi connectivity index (χ1v) is 6.21. The van der Waals surface area contributed by atoms with E-state index in [2.05, 4.69) is 0 Å². The van der Waals surface area contributed by atoms with Crippen molar-refractivity contribution in [1.82, 2.24) is 0 Å². The zero-order valence-corrected chi connectivity index (χ0v) is 11.4. The molecule has 0 saturated carbocycles. The highest BCUT2D eigenvalue weighted by Crippen LogP contribution is 2.25. The van der Waals surface area contributed by atoms with E-state index in [0.717, 1.165) is 12.0 Å². The third kappa shape index (κ3) is 4.94. The SMILES string of the molecule is CC(C)OC(=O)COc1ccc(CCN)cc1Cl. The van der Waals surface area contributed by atoms with Gasteiger partial charge in [0.05, 0.1) is 11.1 Å². The van der Waals surface area contributed by atoms with Gasteiger partial charge in [-0.15, -0.1) is 0 Å². The molecule has 100 valence electrons. The van der Waals surface area contributed by atoms with Crippen molar-refractivity contribution in [2.75, 3.05) is 13.2 Å². The van der Waals surface area contributed by atoms with Gasteiger partial charge in [0, 0.05) is 0 Å². The van der Waals surface area contributed by atoms with Crippen molar-refractivity contribution < 1.29 is 14.3 Å². The third-order valence-corrected chi connectivity index (χ3v) is 2.44. The maximum Gasteiger partial charge on any atom is 0.344 e. The van der Waals surface area contributed by atoms with Crippen LogP contribution >= 0.6 is 11.6 Å². The monoisotopic (exact) mass is 271 g/mol. The van der Waals surface area contributed by atoms with Crippen molar-refractivity contribution in [2.45, 2.75) is 26.4 Å². The van der Waals surface area contributed by atoms with Crippen LogP contribution in [0, 0.1) is 0 Å². The number of carbonyl (C=O) groups excluding carboxylic acids is 1. The van der Waals surface area contributed by atoms with Gasteiger partial charge in [-0.3, -0.25) is 0 Å². The van der Waals surface area contributed by atoms with Crippen molar-refractivity contribution in [2.24, 2.45) is 5.73 Å². The average Bonchev–Trinajstić information content (AvgIpc) is 2.27. The number of nitrogens with two attached hydrogens (primary N) is 1. The highest BCUT2D eigenvalue weighted by Gasteiger charge is 2.09. The highest BCUT2D eigenvalue weighted by atomic mass is 35.5. The first kappa shape index (κ1) is 14.8. The molecule has 0 aliphatic heterocycles. The maximum absolute atomic E-state index is 11.3. The average molecular weight is 272 g/mol. The Hall–Kier alpha value is -1.26. The molecule has 4 nitrogen and oxygen atoms in total. The number of halogens is 1. The Labute approximate surface area is 112 Å². The Morgan fingerprint density at radius 1 is 1.44 bits per heavy atom. The molecular formula is C13H18ClNO3. The number of hydrogen-bond acceptors (Lipinski definition) is 4. The molecule has 0 spiro atoms. The summed E-state index contributed by atoms with van der Waals surface area (Å²) >= 11 is 6.04. The van der Waals surface area contributed by atoms with E-state index in [1.807, 2.05) is 6.07 Å². The zero-order valence-electron chi connectivity index (χ0n) is 10.6. The molecule has 1 rings (SSSR count). The normalized spacial score (nSPS) is 10.5. The summed E-state index contributed by atoms with van der Waals surface area (Å²) in [5, 5.41) is 0.471. The Balaban J connectivity index is 2.55. The molecule has 0 amide bonds. The second-order valence-corrected chi connectivity index (χ2v) is 4.54.